The highest BCUT2D eigenvalue weighted by Gasteiger charge is 2.05. The first-order valence-corrected chi connectivity index (χ1v) is 6.28. The molecule has 0 saturated heterocycles. The van der Waals surface area contributed by atoms with Crippen molar-refractivity contribution in [3.8, 4) is 11.3 Å². The van der Waals surface area contributed by atoms with E-state index in [1.165, 1.54) is 0 Å². The lowest BCUT2D eigenvalue weighted by Gasteiger charge is -2.06. The second kappa shape index (κ2) is 4.52. The van der Waals surface area contributed by atoms with Crippen LogP contribution >= 0.6 is 11.6 Å². The molecule has 94 valence electrons. The predicted octanol–water partition coefficient (Wildman–Crippen LogP) is 3.32. The van der Waals surface area contributed by atoms with E-state index in [1.807, 2.05) is 37.3 Å². The molecule has 0 bridgehead atoms. The smallest absolute Gasteiger partial charge is 0.258 e. The van der Waals surface area contributed by atoms with Gasteiger partial charge in [-0.2, -0.15) is 0 Å². The van der Waals surface area contributed by atoms with Crippen molar-refractivity contribution in [1.82, 2.24) is 9.38 Å². The molecule has 0 amide bonds. The molecule has 3 nitrogen and oxygen atoms in total. The molecular formula is C15H11ClN2O. The van der Waals surface area contributed by atoms with E-state index in [-0.39, 0.29) is 5.56 Å². The summed E-state index contributed by atoms with van der Waals surface area (Å²) >= 11 is 5.86. The molecule has 1 aromatic carbocycles. The fourth-order valence-electron chi connectivity index (χ4n) is 2.08. The Kier molecular flexibility index (Phi) is 2.84. The largest absolute Gasteiger partial charge is 0.269 e. The number of aromatic nitrogens is 2. The number of benzene rings is 1. The van der Waals surface area contributed by atoms with Crippen LogP contribution in [0.25, 0.3) is 16.9 Å². The van der Waals surface area contributed by atoms with Crippen molar-refractivity contribution < 1.29 is 0 Å². The van der Waals surface area contributed by atoms with Gasteiger partial charge >= 0.3 is 0 Å². The summed E-state index contributed by atoms with van der Waals surface area (Å²) in [6.07, 6.45) is 0. The van der Waals surface area contributed by atoms with Crippen LogP contribution < -0.4 is 5.56 Å². The number of aryl methyl sites for hydroxylation is 1. The van der Waals surface area contributed by atoms with E-state index in [4.69, 9.17) is 11.6 Å². The zero-order valence-electron chi connectivity index (χ0n) is 10.3. The molecule has 0 fully saturated rings. The SMILES string of the molecule is Cc1cccc2nc(-c3ccc(Cl)cc3)cc(=O)n12. The number of fused-ring (bicyclic) bond motifs is 1. The average molecular weight is 271 g/mol. The summed E-state index contributed by atoms with van der Waals surface area (Å²) in [6, 6.07) is 14.4. The Bertz CT molecular complexity index is 806. The van der Waals surface area contributed by atoms with Gasteiger partial charge < -0.3 is 0 Å². The third kappa shape index (κ3) is 2.13. The van der Waals surface area contributed by atoms with Gasteiger partial charge in [0.15, 0.2) is 0 Å². The van der Waals surface area contributed by atoms with Gasteiger partial charge in [-0.15, -0.1) is 0 Å². The van der Waals surface area contributed by atoms with Gasteiger partial charge in [-0.05, 0) is 31.2 Å². The van der Waals surface area contributed by atoms with Gasteiger partial charge in [-0.25, -0.2) is 4.98 Å². The first-order chi connectivity index (χ1) is 9.15. The maximum atomic E-state index is 12.2. The van der Waals surface area contributed by atoms with Crippen molar-refractivity contribution in [2.24, 2.45) is 0 Å². The molecule has 0 radical (unpaired) electrons. The minimum absolute atomic E-state index is 0.0759. The van der Waals surface area contributed by atoms with Gasteiger partial charge in [0.25, 0.3) is 5.56 Å². The molecule has 2 aromatic heterocycles. The summed E-state index contributed by atoms with van der Waals surface area (Å²) in [5, 5.41) is 0.664. The molecule has 0 N–H and O–H groups in total. The van der Waals surface area contributed by atoms with Gasteiger partial charge in [0.2, 0.25) is 0 Å². The molecule has 0 saturated carbocycles. The highest BCUT2D eigenvalue weighted by molar-refractivity contribution is 6.30. The maximum absolute atomic E-state index is 12.2. The summed E-state index contributed by atoms with van der Waals surface area (Å²) in [4.78, 5) is 16.7. The fourth-order valence-corrected chi connectivity index (χ4v) is 2.21. The Balaban J connectivity index is 2.27. The molecule has 19 heavy (non-hydrogen) atoms. The predicted molar refractivity (Wildman–Crippen MR) is 76.6 cm³/mol. The second-order valence-electron chi connectivity index (χ2n) is 4.35. The summed E-state index contributed by atoms with van der Waals surface area (Å²) in [5.41, 5.74) is 2.99. The van der Waals surface area contributed by atoms with E-state index in [0.717, 1.165) is 11.3 Å². The van der Waals surface area contributed by atoms with E-state index in [9.17, 15) is 4.79 Å². The van der Waals surface area contributed by atoms with Gasteiger partial charge in [0.1, 0.15) is 5.65 Å². The molecule has 0 aliphatic rings. The number of halogens is 1. The molecule has 3 rings (SSSR count). The molecule has 2 heterocycles. The fraction of sp³-hybridized carbons (Fsp3) is 0.0667. The van der Waals surface area contributed by atoms with Crippen molar-refractivity contribution in [1.29, 1.82) is 0 Å². The monoisotopic (exact) mass is 270 g/mol. The van der Waals surface area contributed by atoms with Gasteiger partial charge in [-0.3, -0.25) is 9.20 Å². The Morgan fingerprint density at radius 2 is 1.84 bits per heavy atom. The minimum atomic E-state index is -0.0759. The standard InChI is InChI=1S/C15H11ClN2O/c1-10-3-2-4-14-17-13(9-15(19)18(10)14)11-5-7-12(16)8-6-11/h2-9H,1H3. The molecule has 0 unspecified atom stereocenters. The van der Waals surface area contributed by atoms with Gasteiger partial charge in [0.05, 0.1) is 5.69 Å². The summed E-state index contributed by atoms with van der Waals surface area (Å²) < 4.78 is 1.60. The van der Waals surface area contributed by atoms with Crippen LogP contribution in [0.15, 0.2) is 53.3 Å². The van der Waals surface area contributed by atoms with Crippen molar-refractivity contribution >= 4 is 17.2 Å². The van der Waals surface area contributed by atoms with Crippen molar-refractivity contribution in [2.75, 3.05) is 0 Å². The molecule has 0 atom stereocenters. The van der Waals surface area contributed by atoms with Gasteiger partial charge in [-0.1, -0.05) is 29.8 Å². The quantitative estimate of drug-likeness (QED) is 0.680. The second-order valence-corrected chi connectivity index (χ2v) is 4.78. The lowest BCUT2D eigenvalue weighted by atomic mass is 10.1. The molecule has 4 heteroatoms. The van der Waals surface area contributed by atoms with E-state index in [1.54, 1.807) is 22.6 Å². The summed E-state index contributed by atoms with van der Waals surface area (Å²) in [5.74, 6) is 0. The third-order valence-electron chi connectivity index (χ3n) is 3.02. The average Bonchev–Trinajstić information content (AvgIpc) is 2.39. The van der Waals surface area contributed by atoms with Crippen molar-refractivity contribution in [2.45, 2.75) is 6.92 Å². The Labute approximate surface area is 115 Å². The van der Waals surface area contributed by atoms with E-state index in [2.05, 4.69) is 4.98 Å². The first kappa shape index (κ1) is 11.9. The van der Waals surface area contributed by atoms with Crippen molar-refractivity contribution in [3.63, 3.8) is 0 Å². The van der Waals surface area contributed by atoms with Crippen LogP contribution in [0.2, 0.25) is 5.02 Å². The normalized spacial score (nSPS) is 10.8. The van der Waals surface area contributed by atoms with E-state index < -0.39 is 0 Å². The summed E-state index contributed by atoms with van der Waals surface area (Å²) in [7, 11) is 0. The third-order valence-corrected chi connectivity index (χ3v) is 3.27. The summed E-state index contributed by atoms with van der Waals surface area (Å²) in [6.45, 7) is 1.89. The minimum Gasteiger partial charge on any atom is -0.269 e. The highest BCUT2D eigenvalue weighted by Crippen LogP contribution is 2.19. The maximum Gasteiger partial charge on any atom is 0.258 e. The van der Waals surface area contributed by atoms with Crippen LogP contribution in [0.1, 0.15) is 5.69 Å². The van der Waals surface area contributed by atoms with Crippen LogP contribution in [0.4, 0.5) is 0 Å². The zero-order valence-corrected chi connectivity index (χ0v) is 11.1. The van der Waals surface area contributed by atoms with Gasteiger partial charge in [0, 0.05) is 22.3 Å². The lowest BCUT2D eigenvalue weighted by molar-refractivity contribution is 0.993. The zero-order chi connectivity index (χ0) is 13.4. The molecule has 0 aliphatic heterocycles. The Morgan fingerprint density at radius 3 is 2.58 bits per heavy atom. The molecule has 0 aliphatic carbocycles. The van der Waals surface area contributed by atoms with Crippen LogP contribution in [0.5, 0.6) is 0 Å². The number of hydrogen-bond donors (Lipinski definition) is 0. The highest BCUT2D eigenvalue weighted by atomic mass is 35.5. The first-order valence-electron chi connectivity index (χ1n) is 5.90. The number of nitrogens with zero attached hydrogens (tertiary/aromatic N) is 2. The van der Waals surface area contributed by atoms with Crippen LogP contribution in [-0.2, 0) is 0 Å². The topological polar surface area (TPSA) is 34.4 Å². The van der Waals surface area contributed by atoms with Crippen molar-refractivity contribution in [3.05, 3.63) is 69.6 Å². The van der Waals surface area contributed by atoms with Crippen LogP contribution in [0, 0.1) is 6.92 Å². The Morgan fingerprint density at radius 1 is 1.11 bits per heavy atom. The van der Waals surface area contributed by atoms with E-state index >= 15 is 0 Å². The molecule has 3 aromatic rings. The molecular weight excluding hydrogens is 260 g/mol. The van der Waals surface area contributed by atoms with E-state index in [0.29, 0.717) is 16.4 Å². The number of pyridine rings is 1. The number of hydrogen-bond acceptors (Lipinski definition) is 2. The Hall–Kier alpha value is -2.13. The molecule has 0 spiro atoms. The number of rotatable bonds is 1. The lowest BCUT2D eigenvalue weighted by Crippen LogP contribution is -2.16. The van der Waals surface area contributed by atoms with Crippen LogP contribution in [0.3, 0.4) is 0 Å². The van der Waals surface area contributed by atoms with Crippen LogP contribution in [-0.4, -0.2) is 9.38 Å².